The largest absolute Gasteiger partial charge is 0.452 e. The normalized spacial score (nSPS) is 12.2. The lowest BCUT2D eigenvalue weighted by Crippen LogP contribution is -2.07. The van der Waals surface area contributed by atoms with E-state index in [-0.39, 0.29) is 0 Å². The molecule has 0 N–H and O–H groups in total. The van der Waals surface area contributed by atoms with Crippen molar-refractivity contribution >= 4 is 64.9 Å². The van der Waals surface area contributed by atoms with Crippen LogP contribution in [0.25, 0.3) is 104 Å². The maximum Gasteiger partial charge on any atom is 0.159 e. The monoisotopic (exact) mass is 686 g/mol. The van der Waals surface area contributed by atoms with E-state index in [9.17, 15) is 0 Å². The molecule has 12 rings (SSSR count). The van der Waals surface area contributed by atoms with Gasteiger partial charge in [0, 0.05) is 16.7 Å². The van der Waals surface area contributed by atoms with Gasteiger partial charge < -0.3 is 4.74 Å². The Hall–Kier alpha value is -7.23. The minimum absolute atomic E-state index is 0.806. The topological polar surface area (TPSA) is 27.1 Å². The molecule has 0 atom stereocenters. The highest BCUT2D eigenvalue weighted by atomic mass is 16.5. The van der Waals surface area contributed by atoms with Crippen molar-refractivity contribution in [1.82, 2.24) is 9.55 Å². The molecule has 54 heavy (non-hydrogen) atoms. The predicted octanol–water partition coefficient (Wildman–Crippen LogP) is 13.9. The van der Waals surface area contributed by atoms with Crippen LogP contribution < -0.4 is 4.74 Å². The third-order valence-corrected chi connectivity index (χ3v) is 11.3. The highest BCUT2D eigenvalue weighted by molar-refractivity contribution is 6.23. The van der Waals surface area contributed by atoms with E-state index in [1.165, 1.54) is 65.0 Å². The number of aromatic nitrogens is 2. The first-order valence-corrected chi connectivity index (χ1v) is 18.5. The zero-order valence-corrected chi connectivity index (χ0v) is 29.1. The summed E-state index contributed by atoms with van der Waals surface area (Å²) in [4.78, 5) is 5.23. The van der Waals surface area contributed by atoms with Crippen molar-refractivity contribution in [2.45, 2.75) is 0 Å². The number of hydrogen-bond donors (Lipinski definition) is 0. The molecule has 10 aromatic carbocycles. The molecule has 11 aromatic rings. The lowest BCUT2D eigenvalue weighted by Gasteiger charge is -2.25. The smallest absolute Gasteiger partial charge is 0.159 e. The van der Waals surface area contributed by atoms with Crippen LogP contribution in [0.15, 0.2) is 182 Å². The van der Waals surface area contributed by atoms with Crippen molar-refractivity contribution in [3.8, 4) is 50.8 Å². The standard InChI is InChI=1S/C51H30N2O/c1-2-13-33-29-36(26-23-31(33)11-1)51-52-44-20-10-22-46-49(44)53(51)45-21-9-19-43(50(45)54-46)48-41-17-7-5-15-39(41)47(40-16-6-8-18-42(40)48)35-27-28-38-34(30-35)25-24-32-12-3-4-14-37(32)38/h1-30H. The van der Waals surface area contributed by atoms with Crippen LogP contribution >= 0.6 is 0 Å². The molecular formula is C51H30N2O. The fourth-order valence-electron chi connectivity index (χ4n) is 8.95. The summed E-state index contributed by atoms with van der Waals surface area (Å²) in [7, 11) is 0. The van der Waals surface area contributed by atoms with Crippen LogP contribution in [0.3, 0.4) is 0 Å². The molecule has 0 fully saturated rings. The van der Waals surface area contributed by atoms with Crippen LogP contribution in [-0.2, 0) is 0 Å². The zero-order chi connectivity index (χ0) is 35.3. The van der Waals surface area contributed by atoms with Crippen molar-refractivity contribution in [3.63, 3.8) is 0 Å². The summed E-state index contributed by atoms with van der Waals surface area (Å²) in [5.41, 5.74) is 8.61. The molecule has 3 nitrogen and oxygen atoms in total. The Morgan fingerprint density at radius 3 is 1.80 bits per heavy atom. The van der Waals surface area contributed by atoms with E-state index in [1.807, 2.05) is 6.07 Å². The molecule has 1 aromatic heterocycles. The van der Waals surface area contributed by atoms with Gasteiger partial charge in [0.15, 0.2) is 11.5 Å². The van der Waals surface area contributed by atoms with E-state index in [2.05, 4.69) is 180 Å². The van der Waals surface area contributed by atoms with Crippen LogP contribution in [0.1, 0.15) is 0 Å². The number of para-hydroxylation sites is 2. The van der Waals surface area contributed by atoms with Gasteiger partial charge >= 0.3 is 0 Å². The molecule has 2 heterocycles. The average molecular weight is 687 g/mol. The van der Waals surface area contributed by atoms with Gasteiger partial charge in [0.1, 0.15) is 11.3 Å². The first-order chi connectivity index (χ1) is 26.8. The summed E-state index contributed by atoms with van der Waals surface area (Å²) < 4.78 is 9.29. The molecule has 0 spiro atoms. The van der Waals surface area contributed by atoms with Gasteiger partial charge in [-0.2, -0.15) is 0 Å². The Bertz CT molecular complexity index is 3320. The number of nitrogens with zero attached hydrogens (tertiary/aromatic N) is 2. The Kier molecular flexibility index (Phi) is 6.05. The average Bonchev–Trinajstić information content (AvgIpc) is 3.63. The molecule has 0 radical (unpaired) electrons. The van der Waals surface area contributed by atoms with Crippen molar-refractivity contribution < 1.29 is 4.74 Å². The number of hydrogen-bond acceptors (Lipinski definition) is 2. The van der Waals surface area contributed by atoms with Gasteiger partial charge in [0.05, 0.1) is 11.2 Å². The van der Waals surface area contributed by atoms with Gasteiger partial charge in [-0.1, -0.05) is 152 Å². The number of imidazole rings is 1. The van der Waals surface area contributed by atoms with E-state index in [4.69, 9.17) is 9.72 Å². The molecule has 1 aliphatic heterocycles. The Balaban J connectivity index is 1.12. The highest BCUT2D eigenvalue weighted by Gasteiger charge is 2.29. The number of rotatable bonds is 3. The summed E-state index contributed by atoms with van der Waals surface area (Å²) >= 11 is 0. The van der Waals surface area contributed by atoms with Gasteiger partial charge in [0.25, 0.3) is 0 Å². The molecule has 0 saturated carbocycles. The second-order valence-electron chi connectivity index (χ2n) is 14.3. The van der Waals surface area contributed by atoms with Crippen LogP contribution in [-0.4, -0.2) is 9.55 Å². The fraction of sp³-hybridized carbons (Fsp3) is 0. The van der Waals surface area contributed by atoms with Crippen molar-refractivity contribution in [2.24, 2.45) is 0 Å². The molecular weight excluding hydrogens is 657 g/mol. The van der Waals surface area contributed by atoms with Crippen LogP contribution in [0.4, 0.5) is 0 Å². The van der Waals surface area contributed by atoms with E-state index in [0.29, 0.717) is 0 Å². The van der Waals surface area contributed by atoms with Gasteiger partial charge in [-0.15, -0.1) is 0 Å². The molecule has 0 bridgehead atoms. The third-order valence-electron chi connectivity index (χ3n) is 11.3. The third kappa shape index (κ3) is 4.15. The lowest BCUT2D eigenvalue weighted by atomic mass is 9.85. The highest BCUT2D eigenvalue weighted by Crippen LogP contribution is 2.51. The number of fused-ring (bicyclic) bond motifs is 8. The van der Waals surface area contributed by atoms with E-state index in [0.717, 1.165) is 50.7 Å². The van der Waals surface area contributed by atoms with Gasteiger partial charge in [-0.25, -0.2) is 4.98 Å². The van der Waals surface area contributed by atoms with Gasteiger partial charge in [-0.3, -0.25) is 4.57 Å². The fourth-order valence-corrected chi connectivity index (χ4v) is 8.95. The molecule has 1 aliphatic rings. The van der Waals surface area contributed by atoms with Crippen LogP contribution in [0.2, 0.25) is 0 Å². The summed E-state index contributed by atoms with van der Waals surface area (Å²) in [6.45, 7) is 0. The quantitative estimate of drug-likeness (QED) is 0.137. The van der Waals surface area contributed by atoms with Gasteiger partial charge in [0.2, 0.25) is 0 Å². The number of benzene rings is 10. The minimum Gasteiger partial charge on any atom is -0.452 e. The summed E-state index contributed by atoms with van der Waals surface area (Å²) in [5.74, 6) is 2.54. The van der Waals surface area contributed by atoms with Crippen LogP contribution in [0, 0.1) is 0 Å². The molecule has 0 amide bonds. The first kappa shape index (κ1) is 29.4. The minimum atomic E-state index is 0.806. The Labute approximate surface area is 310 Å². The maximum atomic E-state index is 6.99. The zero-order valence-electron chi connectivity index (χ0n) is 29.1. The Morgan fingerprint density at radius 1 is 0.407 bits per heavy atom. The van der Waals surface area contributed by atoms with Crippen molar-refractivity contribution in [2.75, 3.05) is 0 Å². The van der Waals surface area contributed by atoms with Crippen LogP contribution in [0.5, 0.6) is 11.5 Å². The first-order valence-electron chi connectivity index (χ1n) is 18.5. The van der Waals surface area contributed by atoms with E-state index in [1.54, 1.807) is 0 Å². The second kappa shape index (κ2) is 11.1. The van der Waals surface area contributed by atoms with E-state index < -0.39 is 0 Å². The summed E-state index contributed by atoms with van der Waals surface area (Å²) in [6, 6.07) is 65.6. The molecule has 0 unspecified atom stereocenters. The second-order valence-corrected chi connectivity index (χ2v) is 14.3. The molecule has 3 heteroatoms. The summed E-state index contributed by atoms with van der Waals surface area (Å²) in [6.07, 6.45) is 0. The van der Waals surface area contributed by atoms with Crippen molar-refractivity contribution in [1.29, 1.82) is 0 Å². The maximum absolute atomic E-state index is 6.99. The van der Waals surface area contributed by atoms with E-state index >= 15 is 0 Å². The van der Waals surface area contributed by atoms with Crippen molar-refractivity contribution in [3.05, 3.63) is 182 Å². The lowest BCUT2D eigenvalue weighted by molar-refractivity contribution is 0.478. The molecule has 0 saturated heterocycles. The summed E-state index contributed by atoms with van der Waals surface area (Å²) in [5, 5.41) is 12.2. The number of ether oxygens (including phenoxy) is 1. The Morgan fingerprint density at radius 2 is 1.00 bits per heavy atom. The molecule has 0 aliphatic carbocycles. The molecule has 250 valence electrons. The van der Waals surface area contributed by atoms with Gasteiger partial charge in [-0.05, 0) is 95.3 Å². The predicted molar refractivity (Wildman–Crippen MR) is 225 cm³/mol. The SMILES string of the molecule is c1cc(-c2c3ccccc3c(-c3ccc4c(ccc5ccccc54)c3)c3ccccc23)c2c(c1)-n1c(-c3ccc4ccccc4c3)nc3cccc(c31)O2.